The lowest BCUT2D eigenvalue weighted by atomic mass is 10.1. The quantitative estimate of drug-likeness (QED) is 0.102. The van der Waals surface area contributed by atoms with Crippen molar-refractivity contribution >= 4 is 14.3 Å². The Kier molecular flexibility index (Phi) is 17.2. The van der Waals surface area contributed by atoms with Crippen molar-refractivity contribution in [1.82, 2.24) is 0 Å². The SMILES string of the molecule is C=CC[Si](CCC)(CCC)CCC=NCCCCCCCCCC. The third-order valence-corrected chi connectivity index (χ3v) is 10.8. The second kappa shape index (κ2) is 17.4. The summed E-state index contributed by atoms with van der Waals surface area (Å²) < 4.78 is 0. The molecule has 0 aromatic heterocycles. The summed E-state index contributed by atoms with van der Waals surface area (Å²) in [6.07, 6.45) is 19.4. The summed E-state index contributed by atoms with van der Waals surface area (Å²) in [6.45, 7) is 12.0. The third-order valence-electron chi connectivity index (χ3n) is 5.21. The first-order chi connectivity index (χ1) is 11.7. The van der Waals surface area contributed by atoms with Crippen LogP contribution in [-0.4, -0.2) is 20.8 Å². The molecule has 0 aromatic carbocycles. The normalized spacial score (nSPS) is 12.1. The number of aliphatic imine (C=N–C) groups is 1. The van der Waals surface area contributed by atoms with Crippen LogP contribution < -0.4 is 0 Å². The van der Waals surface area contributed by atoms with Crippen LogP contribution in [0, 0.1) is 0 Å². The highest BCUT2D eigenvalue weighted by Crippen LogP contribution is 2.30. The van der Waals surface area contributed by atoms with Gasteiger partial charge in [0.1, 0.15) is 0 Å². The molecule has 0 aliphatic carbocycles. The van der Waals surface area contributed by atoms with Gasteiger partial charge in [0.05, 0.1) is 8.07 Å². The highest BCUT2D eigenvalue weighted by Gasteiger charge is 2.28. The predicted molar refractivity (Wildman–Crippen MR) is 116 cm³/mol. The van der Waals surface area contributed by atoms with Crippen molar-refractivity contribution in [1.29, 1.82) is 0 Å². The molecule has 0 N–H and O–H groups in total. The van der Waals surface area contributed by atoms with Crippen LogP contribution in [0.3, 0.4) is 0 Å². The first-order valence-corrected chi connectivity index (χ1v) is 13.7. The van der Waals surface area contributed by atoms with Crippen LogP contribution in [0.2, 0.25) is 24.2 Å². The summed E-state index contributed by atoms with van der Waals surface area (Å²) >= 11 is 0. The maximum absolute atomic E-state index is 4.67. The van der Waals surface area contributed by atoms with Gasteiger partial charge in [0.25, 0.3) is 0 Å². The monoisotopic (exact) mass is 351 g/mol. The Morgan fingerprint density at radius 1 is 0.750 bits per heavy atom. The molecule has 0 bridgehead atoms. The molecule has 0 saturated carbocycles. The standard InChI is InChI=1S/C22H45NSi/c1-5-9-10-11-12-13-14-15-17-23-18-16-22-24(19-6-2,20-7-3)21-8-4/h6,18H,2,5,7-17,19-22H2,1,3-4H3. The lowest BCUT2D eigenvalue weighted by Gasteiger charge is -2.30. The molecule has 0 radical (unpaired) electrons. The molecule has 142 valence electrons. The molecule has 2 heteroatoms. The number of nitrogens with zero attached hydrogens (tertiary/aromatic N) is 1. The molecule has 24 heavy (non-hydrogen) atoms. The Morgan fingerprint density at radius 3 is 1.88 bits per heavy atom. The summed E-state index contributed by atoms with van der Waals surface area (Å²) in [5.74, 6) is 0. The van der Waals surface area contributed by atoms with Crippen LogP contribution in [0.15, 0.2) is 17.6 Å². The van der Waals surface area contributed by atoms with E-state index in [2.05, 4.69) is 44.6 Å². The largest absolute Gasteiger partial charge is 0.298 e. The smallest absolute Gasteiger partial charge is 0.0576 e. The predicted octanol–water partition coefficient (Wildman–Crippen LogP) is 8.04. The Hall–Kier alpha value is -0.373. The minimum Gasteiger partial charge on any atom is -0.298 e. The molecule has 0 heterocycles. The second-order valence-corrected chi connectivity index (χ2v) is 12.5. The molecule has 0 amide bonds. The van der Waals surface area contributed by atoms with Gasteiger partial charge in [-0.25, -0.2) is 0 Å². The van der Waals surface area contributed by atoms with Crippen LogP contribution >= 0.6 is 0 Å². The first-order valence-electron chi connectivity index (χ1n) is 10.8. The minimum atomic E-state index is -1.10. The average molecular weight is 352 g/mol. The fourth-order valence-corrected chi connectivity index (χ4v) is 8.78. The maximum atomic E-state index is 4.67. The van der Waals surface area contributed by atoms with Gasteiger partial charge in [0.15, 0.2) is 0 Å². The zero-order chi connectivity index (χ0) is 17.9. The van der Waals surface area contributed by atoms with Gasteiger partial charge < -0.3 is 0 Å². The van der Waals surface area contributed by atoms with E-state index in [1.54, 1.807) is 0 Å². The molecule has 0 aromatic rings. The number of unbranched alkanes of at least 4 members (excludes halogenated alkanes) is 7. The summed E-state index contributed by atoms with van der Waals surface area (Å²) in [7, 11) is -1.10. The van der Waals surface area contributed by atoms with Crippen LogP contribution in [0.4, 0.5) is 0 Å². The third kappa shape index (κ3) is 13.0. The molecule has 0 aliphatic rings. The van der Waals surface area contributed by atoms with E-state index >= 15 is 0 Å². The summed E-state index contributed by atoms with van der Waals surface area (Å²) in [6, 6.07) is 5.67. The van der Waals surface area contributed by atoms with Crippen LogP contribution in [-0.2, 0) is 0 Å². The van der Waals surface area contributed by atoms with Crippen molar-refractivity contribution in [3.63, 3.8) is 0 Å². The highest BCUT2D eigenvalue weighted by atomic mass is 28.3. The van der Waals surface area contributed by atoms with E-state index in [0.29, 0.717) is 0 Å². The minimum absolute atomic E-state index is 1.05. The van der Waals surface area contributed by atoms with E-state index in [1.807, 2.05) is 0 Å². The zero-order valence-electron chi connectivity index (χ0n) is 17.1. The van der Waals surface area contributed by atoms with E-state index < -0.39 is 8.07 Å². The van der Waals surface area contributed by atoms with E-state index in [0.717, 1.165) is 6.54 Å². The number of hydrogen-bond donors (Lipinski definition) is 0. The zero-order valence-corrected chi connectivity index (χ0v) is 18.1. The number of allylic oxidation sites excluding steroid dienone is 1. The van der Waals surface area contributed by atoms with Gasteiger partial charge in [-0.1, -0.05) is 103 Å². The summed E-state index contributed by atoms with van der Waals surface area (Å²) in [5, 5.41) is 0. The topological polar surface area (TPSA) is 12.4 Å². The molecule has 0 rings (SSSR count). The van der Waals surface area contributed by atoms with Crippen molar-refractivity contribution in [3.05, 3.63) is 12.7 Å². The Balaban J connectivity index is 3.78. The molecule has 0 spiro atoms. The van der Waals surface area contributed by atoms with Crippen molar-refractivity contribution in [2.45, 2.75) is 116 Å². The fourth-order valence-electron chi connectivity index (χ4n) is 3.94. The van der Waals surface area contributed by atoms with Gasteiger partial charge in [-0.15, -0.1) is 6.58 Å². The highest BCUT2D eigenvalue weighted by molar-refractivity contribution is 6.80. The second-order valence-electron chi connectivity index (χ2n) is 7.60. The first kappa shape index (κ1) is 23.6. The molecular weight excluding hydrogens is 306 g/mol. The fraction of sp³-hybridized carbons (Fsp3) is 0.864. The molecular formula is C22H45NSi. The average Bonchev–Trinajstić information content (AvgIpc) is 2.56. The van der Waals surface area contributed by atoms with E-state index in [-0.39, 0.29) is 0 Å². The van der Waals surface area contributed by atoms with Gasteiger partial charge in [0, 0.05) is 6.54 Å². The van der Waals surface area contributed by atoms with Crippen molar-refractivity contribution in [2.75, 3.05) is 6.54 Å². The Morgan fingerprint density at radius 2 is 1.33 bits per heavy atom. The van der Waals surface area contributed by atoms with Gasteiger partial charge >= 0.3 is 0 Å². The van der Waals surface area contributed by atoms with Crippen LogP contribution in [0.25, 0.3) is 0 Å². The molecule has 0 aliphatic heterocycles. The van der Waals surface area contributed by atoms with Gasteiger partial charge in [-0.2, -0.15) is 0 Å². The maximum Gasteiger partial charge on any atom is 0.0576 e. The van der Waals surface area contributed by atoms with Crippen molar-refractivity contribution < 1.29 is 0 Å². The van der Waals surface area contributed by atoms with Gasteiger partial charge in [0.2, 0.25) is 0 Å². The van der Waals surface area contributed by atoms with Crippen LogP contribution in [0.5, 0.6) is 0 Å². The Labute approximate surface area is 154 Å². The molecule has 1 nitrogen and oxygen atoms in total. The van der Waals surface area contributed by atoms with E-state index in [9.17, 15) is 0 Å². The number of hydrogen-bond acceptors (Lipinski definition) is 1. The van der Waals surface area contributed by atoms with Crippen molar-refractivity contribution in [3.8, 4) is 0 Å². The van der Waals surface area contributed by atoms with E-state index in [1.165, 1.54) is 94.8 Å². The molecule has 0 saturated heterocycles. The molecule has 0 unspecified atom stereocenters. The molecule has 0 fully saturated rings. The lowest BCUT2D eigenvalue weighted by Crippen LogP contribution is -2.32. The molecule has 0 atom stereocenters. The summed E-state index contributed by atoms with van der Waals surface area (Å²) in [5.41, 5.74) is 0. The van der Waals surface area contributed by atoms with Gasteiger partial charge in [-0.3, -0.25) is 4.99 Å². The Bertz CT molecular complexity index is 292. The number of rotatable bonds is 18. The summed E-state index contributed by atoms with van der Waals surface area (Å²) in [4.78, 5) is 4.67. The van der Waals surface area contributed by atoms with Gasteiger partial charge in [-0.05, 0) is 25.1 Å². The van der Waals surface area contributed by atoms with Crippen LogP contribution in [0.1, 0.15) is 91.4 Å². The van der Waals surface area contributed by atoms with Crippen molar-refractivity contribution in [2.24, 2.45) is 4.99 Å². The van der Waals surface area contributed by atoms with E-state index in [4.69, 9.17) is 0 Å². The lowest BCUT2D eigenvalue weighted by molar-refractivity contribution is 0.578.